The number of ether oxygens (including phenoxy) is 1. The molecule has 1 N–H and O–H groups in total. The van der Waals surface area contributed by atoms with Crippen LogP contribution in [-0.4, -0.2) is 29.5 Å². The van der Waals surface area contributed by atoms with Crippen LogP contribution in [0.4, 0.5) is 17.3 Å². The summed E-state index contributed by atoms with van der Waals surface area (Å²) in [6, 6.07) is 17.0. The molecule has 0 unspecified atom stereocenters. The molecule has 0 aliphatic carbocycles. The van der Waals surface area contributed by atoms with Gasteiger partial charge in [0.15, 0.2) is 0 Å². The number of carbonyl (C=O) groups is 1. The van der Waals surface area contributed by atoms with Crippen molar-refractivity contribution in [3.8, 4) is 5.75 Å². The number of aryl methyl sites for hydroxylation is 2. The zero-order chi connectivity index (χ0) is 20.1. The number of nitrogens with one attached hydrogen (secondary N) is 1. The minimum Gasteiger partial charge on any atom is -0.497 e. The van der Waals surface area contributed by atoms with Crippen LogP contribution in [0.5, 0.6) is 5.75 Å². The predicted octanol–water partition coefficient (Wildman–Crippen LogP) is 4.51. The van der Waals surface area contributed by atoms with Gasteiger partial charge in [0.2, 0.25) is 5.95 Å². The number of anilines is 3. The van der Waals surface area contributed by atoms with E-state index in [4.69, 9.17) is 4.74 Å². The highest BCUT2D eigenvalue weighted by Crippen LogP contribution is 2.21. The minimum absolute atomic E-state index is 0.160. The van der Waals surface area contributed by atoms with E-state index in [0.29, 0.717) is 23.9 Å². The van der Waals surface area contributed by atoms with Gasteiger partial charge in [0.1, 0.15) is 11.4 Å². The molecule has 28 heavy (non-hydrogen) atoms. The van der Waals surface area contributed by atoms with Gasteiger partial charge in [0.05, 0.1) is 7.11 Å². The zero-order valence-corrected chi connectivity index (χ0v) is 16.6. The van der Waals surface area contributed by atoms with Crippen molar-refractivity contribution >= 4 is 23.2 Å². The van der Waals surface area contributed by atoms with E-state index in [0.717, 1.165) is 22.7 Å². The van der Waals surface area contributed by atoms with E-state index < -0.39 is 0 Å². The Labute approximate surface area is 165 Å². The third kappa shape index (κ3) is 4.46. The van der Waals surface area contributed by atoms with Gasteiger partial charge in [0, 0.05) is 29.7 Å². The Morgan fingerprint density at radius 1 is 1.07 bits per heavy atom. The quantitative estimate of drug-likeness (QED) is 0.685. The lowest BCUT2D eigenvalue weighted by Gasteiger charge is -2.21. The maximum absolute atomic E-state index is 13.1. The molecule has 0 aliphatic heterocycles. The molecule has 0 atom stereocenters. The molecular formula is C22H24N4O2. The molecule has 144 valence electrons. The predicted molar refractivity (Wildman–Crippen MR) is 112 cm³/mol. The molecule has 0 saturated carbocycles. The fourth-order valence-corrected chi connectivity index (χ4v) is 2.94. The van der Waals surface area contributed by atoms with Gasteiger partial charge in [-0.1, -0.05) is 18.2 Å². The first-order chi connectivity index (χ1) is 13.5. The largest absolute Gasteiger partial charge is 0.497 e. The maximum atomic E-state index is 13.1. The number of rotatable bonds is 6. The number of methoxy groups -OCH3 is 1. The first-order valence-electron chi connectivity index (χ1n) is 9.15. The smallest absolute Gasteiger partial charge is 0.277 e. The number of hydrogen-bond donors (Lipinski definition) is 1. The van der Waals surface area contributed by atoms with Gasteiger partial charge in [-0.05, 0) is 56.7 Å². The Morgan fingerprint density at radius 2 is 1.86 bits per heavy atom. The highest BCUT2D eigenvalue weighted by molar-refractivity contribution is 6.05. The van der Waals surface area contributed by atoms with Gasteiger partial charge < -0.3 is 15.0 Å². The number of aromatic nitrogens is 2. The van der Waals surface area contributed by atoms with Crippen LogP contribution in [0.25, 0.3) is 0 Å². The summed E-state index contributed by atoms with van der Waals surface area (Å²) in [5.74, 6) is 0.940. The molecule has 0 spiro atoms. The molecule has 0 bridgehead atoms. The Hall–Kier alpha value is -3.41. The summed E-state index contributed by atoms with van der Waals surface area (Å²) in [6.07, 6.45) is 0. The van der Waals surface area contributed by atoms with Crippen LogP contribution in [0.15, 0.2) is 54.6 Å². The fraction of sp³-hybridized carbons (Fsp3) is 0.227. The summed E-state index contributed by atoms with van der Waals surface area (Å²) in [5.41, 5.74) is 3.80. The van der Waals surface area contributed by atoms with E-state index in [1.807, 2.05) is 69.3 Å². The number of hydrogen-bond acceptors (Lipinski definition) is 5. The first kappa shape index (κ1) is 19.4. The topological polar surface area (TPSA) is 67.4 Å². The number of amides is 1. The van der Waals surface area contributed by atoms with Crippen LogP contribution >= 0.6 is 0 Å². The minimum atomic E-state index is -0.160. The lowest BCUT2D eigenvalue weighted by Crippen LogP contribution is -2.31. The van der Waals surface area contributed by atoms with Gasteiger partial charge in [0.25, 0.3) is 5.91 Å². The molecule has 0 radical (unpaired) electrons. The molecule has 1 heterocycles. The van der Waals surface area contributed by atoms with E-state index in [2.05, 4.69) is 15.3 Å². The summed E-state index contributed by atoms with van der Waals surface area (Å²) in [4.78, 5) is 23.7. The van der Waals surface area contributed by atoms with Crippen molar-refractivity contribution in [3.05, 3.63) is 71.5 Å². The summed E-state index contributed by atoms with van der Waals surface area (Å²) in [5, 5.41) is 3.15. The summed E-state index contributed by atoms with van der Waals surface area (Å²) < 4.78 is 5.24. The van der Waals surface area contributed by atoms with Crippen LogP contribution in [0, 0.1) is 13.8 Å². The van der Waals surface area contributed by atoms with Crippen molar-refractivity contribution in [2.75, 3.05) is 23.9 Å². The molecule has 2 aromatic carbocycles. The molecule has 0 saturated heterocycles. The van der Waals surface area contributed by atoms with Crippen molar-refractivity contribution in [2.45, 2.75) is 20.8 Å². The molecule has 1 aromatic heterocycles. The zero-order valence-electron chi connectivity index (χ0n) is 16.6. The van der Waals surface area contributed by atoms with Gasteiger partial charge >= 0.3 is 0 Å². The van der Waals surface area contributed by atoms with Gasteiger partial charge in [-0.25, -0.2) is 9.97 Å². The highest BCUT2D eigenvalue weighted by atomic mass is 16.5. The SMILES string of the molecule is CCN(C(=O)c1cc(C)nc(Nc2cccc(OC)c2)n1)c1cccc(C)c1. The molecule has 3 rings (SSSR count). The van der Waals surface area contributed by atoms with E-state index in [1.165, 1.54) is 0 Å². The molecular weight excluding hydrogens is 352 g/mol. The third-order valence-corrected chi connectivity index (χ3v) is 4.27. The van der Waals surface area contributed by atoms with Crippen LogP contribution in [0.1, 0.15) is 28.7 Å². The van der Waals surface area contributed by atoms with Gasteiger partial charge in [-0.3, -0.25) is 4.79 Å². The maximum Gasteiger partial charge on any atom is 0.277 e. The highest BCUT2D eigenvalue weighted by Gasteiger charge is 2.19. The molecule has 6 heteroatoms. The number of nitrogens with zero attached hydrogens (tertiary/aromatic N) is 3. The second-order valence-corrected chi connectivity index (χ2v) is 6.46. The van der Waals surface area contributed by atoms with Crippen molar-refractivity contribution in [2.24, 2.45) is 0 Å². The summed E-state index contributed by atoms with van der Waals surface area (Å²) >= 11 is 0. The van der Waals surface area contributed by atoms with Crippen molar-refractivity contribution < 1.29 is 9.53 Å². The normalized spacial score (nSPS) is 10.4. The van der Waals surface area contributed by atoms with Crippen molar-refractivity contribution in [3.63, 3.8) is 0 Å². The lowest BCUT2D eigenvalue weighted by molar-refractivity contribution is 0.0983. The molecule has 3 aromatic rings. The summed E-state index contributed by atoms with van der Waals surface area (Å²) in [7, 11) is 1.61. The van der Waals surface area contributed by atoms with Gasteiger partial charge in [-0.2, -0.15) is 0 Å². The van der Waals surface area contributed by atoms with Crippen LogP contribution in [-0.2, 0) is 0 Å². The van der Waals surface area contributed by atoms with E-state index in [-0.39, 0.29) is 5.91 Å². The second kappa shape index (κ2) is 8.52. The monoisotopic (exact) mass is 376 g/mol. The van der Waals surface area contributed by atoms with Crippen LogP contribution in [0.2, 0.25) is 0 Å². The second-order valence-electron chi connectivity index (χ2n) is 6.46. The lowest BCUT2D eigenvalue weighted by atomic mass is 10.2. The van der Waals surface area contributed by atoms with Crippen molar-refractivity contribution in [1.82, 2.24) is 9.97 Å². The van der Waals surface area contributed by atoms with E-state index >= 15 is 0 Å². The van der Waals surface area contributed by atoms with E-state index in [9.17, 15) is 4.79 Å². The standard InChI is InChI=1S/C22H24N4O2/c1-5-26(18-10-6-8-15(2)12-18)21(27)20-13-16(3)23-22(25-20)24-17-9-7-11-19(14-17)28-4/h6-14H,5H2,1-4H3,(H,23,24,25). The molecule has 6 nitrogen and oxygen atoms in total. The average molecular weight is 376 g/mol. The molecule has 1 amide bonds. The summed E-state index contributed by atoms with van der Waals surface area (Å²) in [6.45, 7) is 6.35. The van der Waals surface area contributed by atoms with Crippen molar-refractivity contribution in [1.29, 1.82) is 0 Å². The Balaban J connectivity index is 1.90. The average Bonchev–Trinajstić information content (AvgIpc) is 2.68. The Bertz CT molecular complexity index is 988. The number of benzene rings is 2. The first-order valence-corrected chi connectivity index (χ1v) is 9.15. The van der Waals surface area contributed by atoms with E-state index in [1.54, 1.807) is 18.1 Å². The fourth-order valence-electron chi connectivity index (χ4n) is 2.94. The number of carbonyl (C=O) groups excluding carboxylic acids is 1. The Morgan fingerprint density at radius 3 is 2.57 bits per heavy atom. The van der Waals surface area contributed by atoms with Crippen LogP contribution in [0.3, 0.4) is 0 Å². The van der Waals surface area contributed by atoms with Crippen LogP contribution < -0.4 is 15.0 Å². The van der Waals surface area contributed by atoms with Gasteiger partial charge in [-0.15, -0.1) is 0 Å². The third-order valence-electron chi connectivity index (χ3n) is 4.27. The molecule has 0 aliphatic rings. The molecule has 0 fully saturated rings. The Kier molecular flexibility index (Phi) is 5.89.